The number of furan rings is 1. The van der Waals surface area contributed by atoms with E-state index < -0.39 is 0 Å². The Morgan fingerprint density at radius 1 is 1.30 bits per heavy atom. The van der Waals surface area contributed by atoms with Gasteiger partial charge in [-0.3, -0.25) is 0 Å². The molecule has 2 aromatic rings. The maximum Gasteiger partial charge on any atom is 0.134 e. The molecule has 1 aromatic heterocycles. The molecule has 2 unspecified atom stereocenters. The fraction of sp³-hybridized carbons (Fsp3) is 0.529. The number of fused-ring (bicyclic) bond motifs is 1. The van der Waals surface area contributed by atoms with Crippen molar-refractivity contribution in [3.63, 3.8) is 0 Å². The number of nitrogens with one attached hydrogen (secondary N) is 1. The number of ether oxygens (including phenoxy) is 1. The smallest absolute Gasteiger partial charge is 0.134 e. The molecule has 2 atom stereocenters. The van der Waals surface area contributed by atoms with Crippen LogP contribution in [0.2, 0.25) is 0 Å². The molecular weight excluding hydrogens is 250 g/mol. The third kappa shape index (κ3) is 2.48. The van der Waals surface area contributed by atoms with Gasteiger partial charge in [0.25, 0.3) is 0 Å². The first-order valence-electron chi connectivity index (χ1n) is 7.61. The fourth-order valence-corrected chi connectivity index (χ4v) is 3.24. The van der Waals surface area contributed by atoms with Gasteiger partial charge in [0.2, 0.25) is 0 Å². The molecule has 0 saturated carbocycles. The summed E-state index contributed by atoms with van der Waals surface area (Å²) in [6.07, 6.45) is 2.53. The molecule has 1 aromatic carbocycles. The lowest BCUT2D eigenvalue weighted by Gasteiger charge is -2.32. The molecule has 1 aliphatic heterocycles. The summed E-state index contributed by atoms with van der Waals surface area (Å²) in [6, 6.07) is 8.27. The van der Waals surface area contributed by atoms with E-state index in [1.54, 1.807) is 0 Å². The second kappa shape index (κ2) is 5.98. The van der Waals surface area contributed by atoms with E-state index in [1.165, 1.54) is 17.4 Å². The van der Waals surface area contributed by atoms with Gasteiger partial charge in [-0.15, -0.1) is 0 Å². The van der Waals surface area contributed by atoms with Gasteiger partial charge >= 0.3 is 0 Å². The number of aryl methyl sites for hydroxylation is 1. The molecule has 0 amide bonds. The molecule has 1 aliphatic rings. The van der Waals surface area contributed by atoms with Crippen LogP contribution in [-0.4, -0.2) is 19.7 Å². The van der Waals surface area contributed by atoms with Gasteiger partial charge in [0.05, 0.1) is 6.10 Å². The summed E-state index contributed by atoms with van der Waals surface area (Å²) < 4.78 is 12.0. The Labute approximate surface area is 120 Å². The predicted molar refractivity (Wildman–Crippen MR) is 80.9 cm³/mol. The van der Waals surface area contributed by atoms with Crippen molar-refractivity contribution in [3.8, 4) is 0 Å². The molecule has 0 aliphatic carbocycles. The summed E-state index contributed by atoms with van der Waals surface area (Å²) in [7, 11) is 0. The van der Waals surface area contributed by atoms with Crippen LogP contribution in [0.1, 0.15) is 37.2 Å². The monoisotopic (exact) mass is 273 g/mol. The van der Waals surface area contributed by atoms with Crippen LogP contribution in [0.4, 0.5) is 0 Å². The maximum absolute atomic E-state index is 6.12. The standard InChI is InChI=1S/C17H23NO2/c1-3-18-11-13-7-6-10-19-17(13)16-12(2)20-15-9-5-4-8-14(15)16/h4-5,8-9,13,17-18H,3,6-7,10-11H2,1-2H3. The molecule has 0 bridgehead atoms. The van der Waals surface area contributed by atoms with Crippen LogP contribution < -0.4 is 5.32 Å². The molecule has 2 heterocycles. The van der Waals surface area contributed by atoms with E-state index >= 15 is 0 Å². The summed E-state index contributed by atoms with van der Waals surface area (Å²) in [5, 5.41) is 4.67. The first-order chi connectivity index (χ1) is 9.81. The fourth-order valence-electron chi connectivity index (χ4n) is 3.24. The lowest BCUT2D eigenvalue weighted by atomic mass is 9.88. The zero-order valence-electron chi connectivity index (χ0n) is 12.3. The van der Waals surface area contributed by atoms with Gasteiger partial charge in [0, 0.05) is 30.0 Å². The molecule has 108 valence electrons. The van der Waals surface area contributed by atoms with Crippen LogP contribution in [0.3, 0.4) is 0 Å². The zero-order chi connectivity index (χ0) is 13.9. The van der Waals surface area contributed by atoms with Crippen molar-refractivity contribution >= 4 is 11.0 Å². The number of benzene rings is 1. The molecule has 1 N–H and O–H groups in total. The second-order valence-corrected chi connectivity index (χ2v) is 5.57. The van der Waals surface area contributed by atoms with Crippen molar-refractivity contribution in [2.75, 3.05) is 19.7 Å². The van der Waals surface area contributed by atoms with E-state index in [2.05, 4.69) is 31.3 Å². The highest BCUT2D eigenvalue weighted by Crippen LogP contribution is 2.39. The van der Waals surface area contributed by atoms with Crippen molar-refractivity contribution in [2.24, 2.45) is 5.92 Å². The first kappa shape index (κ1) is 13.7. The first-order valence-corrected chi connectivity index (χ1v) is 7.61. The molecular formula is C17H23NO2. The third-order valence-electron chi connectivity index (χ3n) is 4.21. The molecule has 20 heavy (non-hydrogen) atoms. The minimum atomic E-state index is 0.159. The zero-order valence-corrected chi connectivity index (χ0v) is 12.3. The summed E-state index contributed by atoms with van der Waals surface area (Å²) >= 11 is 0. The Bertz CT molecular complexity index is 575. The number of hydrogen-bond acceptors (Lipinski definition) is 3. The largest absolute Gasteiger partial charge is 0.461 e. The minimum Gasteiger partial charge on any atom is -0.461 e. The van der Waals surface area contributed by atoms with Crippen molar-refractivity contribution in [1.82, 2.24) is 5.32 Å². The van der Waals surface area contributed by atoms with E-state index in [0.717, 1.165) is 37.5 Å². The van der Waals surface area contributed by atoms with Crippen molar-refractivity contribution < 1.29 is 9.15 Å². The Balaban J connectivity index is 1.96. The summed E-state index contributed by atoms with van der Waals surface area (Å²) in [6.45, 7) is 7.08. The topological polar surface area (TPSA) is 34.4 Å². The molecule has 0 radical (unpaired) electrons. The quantitative estimate of drug-likeness (QED) is 0.919. The van der Waals surface area contributed by atoms with E-state index in [1.807, 2.05) is 12.1 Å². The number of para-hydroxylation sites is 1. The van der Waals surface area contributed by atoms with Gasteiger partial charge in [-0.2, -0.15) is 0 Å². The van der Waals surface area contributed by atoms with E-state index in [4.69, 9.17) is 9.15 Å². The highest BCUT2D eigenvalue weighted by Gasteiger charge is 2.31. The molecule has 3 heteroatoms. The van der Waals surface area contributed by atoms with Crippen LogP contribution >= 0.6 is 0 Å². The van der Waals surface area contributed by atoms with Gasteiger partial charge in [0.1, 0.15) is 11.3 Å². The van der Waals surface area contributed by atoms with Crippen LogP contribution in [-0.2, 0) is 4.74 Å². The van der Waals surface area contributed by atoms with Crippen LogP contribution in [0.25, 0.3) is 11.0 Å². The van der Waals surface area contributed by atoms with Gasteiger partial charge in [-0.25, -0.2) is 0 Å². The van der Waals surface area contributed by atoms with Crippen LogP contribution in [0.15, 0.2) is 28.7 Å². The lowest BCUT2D eigenvalue weighted by molar-refractivity contribution is -0.0276. The van der Waals surface area contributed by atoms with Crippen molar-refractivity contribution in [2.45, 2.75) is 32.8 Å². The van der Waals surface area contributed by atoms with Gasteiger partial charge in [-0.05, 0) is 32.4 Å². The second-order valence-electron chi connectivity index (χ2n) is 5.57. The van der Waals surface area contributed by atoms with E-state index in [-0.39, 0.29) is 6.10 Å². The molecule has 3 nitrogen and oxygen atoms in total. The van der Waals surface area contributed by atoms with Crippen LogP contribution in [0.5, 0.6) is 0 Å². The van der Waals surface area contributed by atoms with E-state index in [9.17, 15) is 0 Å². The maximum atomic E-state index is 6.12. The number of hydrogen-bond donors (Lipinski definition) is 1. The van der Waals surface area contributed by atoms with Crippen LogP contribution in [0, 0.1) is 12.8 Å². The normalized spacial score (nSPS) is 23.3. The highest BCUT2D eigenvalue weighted by molar-refractivity contribution is 5.82. The minimum absolute atomic E-state index is 0.159. The van der Waals surface area contributed by atoms with Gasteiger partial charge < -0.3 is 14.5 Å². The Morgan fingerprint density at radius 3 is 3.00 bits per heavy atom. The van der Waals surface area contributed by atoms with Gasteiger partial charge in [-0.1, -0.05) is 25.1 Å². The van der Waals surface area contributed by atoms with Gasteiger partial charge in [0.15, 0.2) is 0 Å². The van der Waals surface area contributed by atoms with Crippen molar-refractivity contribution in [1.29, 1.82) is 0 Å². The molecule has 1 saturated heterocycles. The average Bonchev–Trinajstić information content (AvgIpc) is 2.81. The summed E-state index contributed by atoms with van der Waals surface area (Å²) in [4.78, 5) is 0. The molecule has 0 spiro atoms. The predicted octanol–water partition coefficient (Wildman–Crippen LogP) is 3.82. The Kier molecular flexibility index (Phi) is 4.08. The highest BCUT2D eigenvalue weighted by atomic mass is 16.5. The number of rotatable bonds is 4. The third-order valence-corrected chi connectivity index (χ3v) is 4.21. The molecule has 3 rings (SSSR count). The van der Waals surface area contributed by atoms with Crippen molar-refractivity contribution in [3.05, 3.63) is 35.6 Å². The Hall–Kier alpha value is -1.32. The Morgan fingerprint density at radius 2 is 2.15 bits per heavy atom. The van der Waals surface area contributed by atoms with E-state index in [0.29, 0.717) is 5.92 Å². The summed E-state index contributed by atoms with van der Waals surface area (Å²) in [5.41, 5.74) is 2.22. The SMILES string of the molecule is CCNCC1CCCOC1c1c(C)oc2ccccc12. The lowest BCUT2D eigenvalue weighted by Crippen LogP contribution is -2.32. The summed E-state index contributed by atoms with van der Waals surface area (Å²) in [5.74, 6) is 1.53. The molecule has 1 fully saturated rings. The average molecular weight is 273 g/mol.